The number of ether oxygens (including phenoxy) is 2. The molecule has 2 aromatic rings. The molecule has 0 aliphatic carbocycles. The lowest BCUT2D eigenvalue weighted by Gasteiger charge is -2.25. The Morgan fingerprint density at radius 3 is 2.60 bits per heavy atom. The van der Waals surface area contributed by atoms with Crippen LogP contribution in [0.2, 0.25) is 5.02 Å². The minimum absolute atomic E-state index is 0.0564. The Hall–Kier alpha value is -2.90. The summed E-state index contributed by atoms with van der Waals surface area (Å²) in [4.78, 5) is 26.7. The molecule has 1 atom stereocenters. The van der Waals surface area contributed by atoms with E-state index in [0.29, 0.717) is 12.4 Å². The number of hydrogen-bond donors (Lipinski definition) is 1. The van der Waals surface area contributed by atoms with Gasteiger partial charge in [0.2, 0.25) is 0 Å². The number of likely N-dealkylation sites (tertiary alicyclic amines) is 1. The van der Waals surface area contributed by atoms with Gasteiger partial charge in [0.1, 0.15) is 17.3 Å². The molecule has 1 fully saturated rings. The van der Waals surface area contributed by atoms with Gasteiger partial charge in [0.25, 0.3) is 11.7 Å². The van der Waals surface area contributed by atoms with Crippen LogP contribution in [0.1, 0.15) is 24.1 Å². The second kappa shape index (κ2) is 9.28. The normalized spacial score (nSPS) is 18.1. The SMILES string of the molecule is CCOc1ccc(C(O)=C2C(=O)C(=O)N(CCOC)C2c2ccccc2F)cc1Cl. The topological polar surface area (TPSA) is 76.1 Å². The van der Waals surface area contributed by atoms with Crippen molar-refractivity contribution in [3.05, 3.63) is 70.0 Å². The molecule has 1 saturated heterocycles. The van der Waals surface area contributed by atoms with Gasteiger partial charge in [0, 0.05) is 24.8 Å². The van der Waals surface area contributed by atoms with Crippen molar-refractivity contribution in [2.24, 2.45) is 0 Å². The molecule has 0 aromatic heterocycles. The highest BCUT2D eigenvalue weighted by Crippen LogP contribution is 2.40. The first-order valence-corrected chi connectivity index (χ1v) is 9.73. The third kappa shape index (κ3) is 4.04. The first-order valence-electron chi connectivity index (χ1n) is 9.35. The van der Waals surface area contributed by atoms with Gasteiger partial charge >= 0.3 is 0 Å². The second-order valence-electron chi connectivity index (χ2n) is 6.59. The molecule has 1 aliphatic rings. The van der Waals surface area contributed by atoms with Gasteiger partial charge in [-0.3, -0.25) is 9.59 Å². The number of carbonyl (C=O) groups is 2. The highest BCUT2D eigenvalue weighted by Gasteiger charge is 2.46. The summed E-state index contributed by atoms with van der Waals surface area (Å²) >= 11 is 6.20. The van der Waals surface area contributed by atoms with Crippen molar-refractivity contribution >= 4 is 29.1 Å². The van der Waals surface area contributed by atoms with Gasteiger partial charge in [0.05, 0.1) is 29.9 Å². The zero-order chi connectivity index (χ0) is 21.8. The van der Waals surface area contributed by atoms with Crippen LogP contribution in [0.15, 0.2) is 48.0 Å². The summed E-state index contributed by atoms with van der Waals surface area (Å²) in [5, 5.41) is 11.2. The number of hydrogen-bond acceptors (Lipinski definition) is 5. The highest BCUT2D eigenvalue weighted by molar-refractivity contribution is 6.46. The van der Waals surface area contributed by atoms with E-state index in [-0.39, 0.29) is 34.9 Å². The number of rotatable bonds is 7. The number of Topliss-reactive ketones (excluding diaryl/α,β-unsaturated/α-hetero) is 1. The van der Waals surface area contributed by atoms with Crippen molar-refractivity contribution in [1.82, 2.24) is 4.90 Å². The lowest BCUT2D eigenvalue weighted by atomic mass is 9.95. The average Bonchev–Trinajstić information content (AvgIpc) is 2.98. The van der Waals surface area contributed by atoms with E-state index in [2.05, 4.69) is 0 Å². The smallest absolute Gasteiger partial charge is 0.295 e. The Morgan fingerprint density at radius 2 is 1.97 bits per heavy atom. The van der Waals surface area contributed by atoms with Crippen LogP contribution in [-0.4, -0.2) is 48.6 Å². The summed E-state index contributed by atoms with van der Waals surface area (Å²) in [7, 11) is 1.45. The van der Waals surface area contributed by atoms with E-state index in [0.717, 1.165) is 0 Å². The zero-order valence-electron chi connectivity index (χ0n) is 16.5. The van der Waals surface area contributed by atoms with Crippen LogP contribution in [0.3, 0.4) is 0 Å². The number of amides is 1. The minimum atomic E-state index is -1.09. The third-order valence-electron chi connectivity index (χ3n) is 4.78. The Balaban J connectivity index is 2.16. The Kier molecular flexibility index (Phi) is 6.74. The molecule has 2 aromatic carbocycles. The lowest BCUT2D eigenvalue weighted by Crippen LogP contribution is -2.33. The average molecular weight is 434 g/mol. The molecule has 8 heteroatoms. The molecule has 1 unspecified atom stereocenters. The molecule has 6 nitrogen and oxygen atoms in total. The molecule has 1 amide bonds. The van der Waals surface area contributed by atoms with E-state index >= 15 is 0 Å². The van der Waals surface area contributed by atoms with Gasteiger partial charge in [-0.25, -0.2) is 4.39 Å². The first-order chi connectivity index (χ1) is 14.4. The van der Waals surface area contributed by atoms with Crippen molar-refractivity contribution in [2.75, 3.05) is 26.9 Å². The number of methoxy groups -OCH3 is 1. The number of aliphatic hydroxyl groups excluding tert-OH is 1. The summed E-state index contributed by atoms with van der Waals surface area (Å²) in [5.41, 5.74) is 0.113. The van der Waals surface area contributed by atoms with Gasteiger partial charge in [-0.15, -0.1) is 0 Å². The number of aliphatic hydroxyl groups is 1. The molecular weight excluding hydrogens is 413 g/mol. The lowest BCUT2D eigenvalue weighted by molar-refractivity contribution is -0.140. The van der Waals surface area contributed by atoms with E-state index in [1.54, 1.807) is 19.1 Å². The van der Waals surface area contributed by atoms with Gasteiger partial charge in [-0.1, -0.05) is 29.8 Å². The van der Waals surface area contributed by atoms with E-state index in [9.17, 15) is 19.1 Å². The molecule has 1 aliphatic heterocycles. The van der Waals surface area contributed by atoms with E-state index in [1.807, 2.05) is 0 Å². The summed E-state index contributed by atoms with van der Waals surface area (Å²) < 4.78 is 25.0. The summed E-state index contributed by atoms with van der Waals surface area (Å²) in [6.45, 7) is 2.41. The molecule has 1 heterocycles. The van der Waals surface area contributed by atoms with Crippen LogP contribution >= 0.6 is 11.6 Å². The van der Waals surface area contributed by atoms with E-state index in [4.69, 9.17) is 21.1 Å². The molecular formula is C22H21ClFNO5. The molecule has 30 heavy (non-hydrogen) atoms. The van der Waals surface area contributed by atoms with Crippen molar-refractivity contribution < 1.29 is 28.6 Å². The maximum absolute atomic E-state index is 14.6. The number of nitrogens with zero attached hydrogens (tertiary/aromatic N) is 1. The van der Waals surface area contributed by atoms with Crippen LogP contribution in [0.4, 0.5) is 4.39 Å². The summed E-state index contributed by atoms with van der Waals surface area (Å²) in [6.07, 6.45) is 0. The quantitative estimate of drug-likeness (QED) is 0.406. The Labute approximate surface area is 178 Å². The molecule has 1 N–H and O–H groups in total. The largest absolute Gasteiger partial charge is 0.507 e. The zero-order valence-corrected chi connectivity index (χ0v) is 17.3. The van der Waals surface area contributed by atoms with Crippen molar-refractivity contribution in [3.63, 3.8) is 0 Å². The number of halogens is 2. The third-order valence-corrected chi connectivity index (χ3v) is 5.08. The van der Waals surface area contributed by atoms with Crippen LogP contribution < -0.4 is 4.74 Å². The Bertz CT molecular complexity index is 1010. The fourth-order valence-corrected chi connectivity index (χ4v) is 3.63. The second-order valence-corrected chi connectivity index (χ2v) is 6.99. The van der Waals surface area contributed by atoms with Crippen LogP contribution in [0.25, 0.3) is 5.76 Å². The molecule has 0 bridgehead atoms. The van der Waals surface area contributed by atoms with Crippen LogP contribution in [0.5, 0.6) is 5.75 Å². The van der Waals surface area contributed by atoms with Gasteiger partial charge in [-0.2, -0.15) is 0 Å². The van der Waals surface area contributed by atoms with Crippen molar-refractivity contribution in [1.29, 1.82) is 0 Å². The highest BCUT2D eigenvalue weighted by atomic mass is 35.5. The van der Waals surface area contributed by atoms with Crippen molar-refractivity contribution in [2.45, 2.75) is 13.0 Å². The van der Waals surface area contributed by atoms with Gasteiger partial charge < -0.3 is 19.5 Å². The minimum Gasteiger partial charge on any atom is -0.507 e. The summed E-state index contributed by atoms with van der Waals surface area (Å²) in [6, 6.07) is 9.24. The number of carbonyl (C=O) groups excluding carboxylic acids is 2. The molecule has 0 radical (unpaired) electrons. The first kappa shape index (κ1) is 21.8. The fourth-order valence-electron chi connectivity index (χ4n) is 3.40. The number of ketones is 1. The molecule has 3 rings (SSSR count). The monoisotopic (exact) mass is 433 g/mol. The van der Waals surface area contributed by atoms with Gasteiger partial charge in [-0.05, 0) is 31.2 Å². The van der Waals surface area contributed by atoms with Crippen molar-refractivity contribution in [3.8, 4) is 5.75 Å². The van der Waals surface area contributed by atoms with Crippen LogP contribution in [-0.2, 0) is 14.3 Å². The van der Waals surface area contributed by atoms with Crippen LogP contribution in [0, 0.1) is 5.82 Å². The molecule has 158 valence electrons. The molecule has 0 spiro atoms. The Morgan fingerprint density at radius 1 is 1.23 bits per heavy atom. The maximum atomic E-state index is 14.6. The fraction of sp³-hybridized carbons (Fsp3) is 0.273. The number of benzene rings is 2. The standard InChI is InChI=1S/C22H21ClFNO5/c1-3-30-17-9-8-13(12-15(17)23)20(26)18-19(14-6-4-5-7-16(14)24)25(10-11-29-2)22(28)21(18)27/h4-9,12,19,26H,3,10-11H2,1-2H3. The van der Waals surface area contributed by atoms with Gasteiger partial charge in [0.15, 0.2) is 0 Å². The predicted molar refractivity (Wildman–Crippen MR) is 110 cm³/mol. The maximum Gasteiger partial charge on any atom is 0.295 e. The van der Waals surface area contributed by atoms with E-state index in [1.165, 1.54) is 42.3 Å². The molecule has 0 saturated carbocycles. The van der Waals surface area contributed by atoms with E-state index < -0.39 is 29.3 Å². The predicted octanol–water partition coefficient (Wildman–Crippen LogP) is 3.95. The summed E-state index contributed by atoms with van der Waals surface area (Å²) in [5.74, 6) is -2.35.